The van der Waals surface area contributed by atoms with Crippen molar-refractivity contribution in [2.24, 2.45) is 0 Å². The molecule has 3 heterocycles. The van der Waals surface area contributed by atoms with Crippen molar-refractivity contribution in [3.63, 3.8) is 0 Å². The molecule has 0 bridgehead atoms. The number of methoxy groups -OCH3 is 1. The van der Waals surface area contributed by atoms with E-state index in [1.807, 2.05) is 12.4 Å². The highest BCUT2D eigenvalue weighted by atomic mass is 16.5. The molecule has 2 aliphatic carbocycles. The van der Waals surface area contributed by atoms with Gasteiger partial charge in [-0.1, -0.05) is 25.7 Å². The number of nitrogens with zero attached hydrogens (tertiary/aromatic N) is 4. The summed E-state index contributed by atoms with van der Waals surface area (Å²) < 4.78 is 10.2. The lowest BCUT2D eigenvalue weighted by atomic mass is 10.1. The van der Waals surface area contributed by atoms with Crippen molar-refractivity contribution < 1.29 is 4.74 Å². The fourth-order valence-electron chi connectivity index (χ4n) is 4.88. The Morgan fingerprint density at radius 1 is 1.00 bits per heavy atom. The highest BCUT2D eigenvalue weighted by Gasteiger charge is 2.24. The van der Waals surface area contributed by atoms with Crippen LogP contribution in [0.1, 0.15) is 63.5 Å². The summed E-state index contributed by atoms with van der Waals surface area (Å²) in [6.07, 6.45) is 18.7. The van der Waals surface area contributed by atoms with Gasteiger partial charge in [-0.05, 0) is 31.7 Å². The van der Waals surface area contributed by atoms with Crippen molar-refractivity contribution >= 4 is 10.9 Å². The van der Waals surface area contributed by atoms with Crippen LogP contribution in [-0.2, 0) is 0 Å². The molecule has 0 spiro atoms. The zero-order valence-corrected chi connectivity index (χ0v) is 15.4. The van der Waals surface area contributed by atoms with Crippen LogP contribution in [0.4, 0.5) is 0 Å². The summed E-state index contributed by atoms with van der Waals surface area (Å²) in [7, 11) is 1.71. The summed E-state index contributed by atoms with van der Waals surface area (Å²) in [6, 6.07) is 3.27. The van der Waals surface area contributed by atoms with Gasteiger partial charge in [-0.25, -0.2) is 4.98 Å². The van der Waals surface area contributed by atoms with Gasteiger partial charge in [0, 0.05) is 35.8 Å². The summed E-state index contributed by atoms with van der Waals surface area (Å²) in [5.41, 5.74) is 3.60. The molecule has 0 N–H and O–H groups in total. The van der Waals surface area contributed by atoms with Crippen LogP contribution < -0.4 is 4.74 Å². The Labute approximate surface area is 154 Å². The number of hydrogen-bond donors (Lipinski definition) is 0. The van der Waals surface area contributed by atoms with Gasteiger partial charge in [0.25, 0.3) is 0 Å². The van der Waals surface area contributed by atoms with Gasteiger partial charge in [-0.15, -0.1) is 0 Å². The molecule has 0 atom stereocenters. The van der Waals surface area contributed by atoms with Crippen LogP contribution in [-0.4, -0.2) is 26.4 Å². The number of pyridine rings is 1. The van der Waals surface area contributed by atoms with Gasteiger partial charge in [0.1, 0.15) is 0 Å². The molecule has 2 saturated carbocycles. The third-order valence-corrected chi connectivity index (χ3v) is 6.23. The average molecular weight is 350 g/mol. The van der Waals surface area contributed by atoms with E-state index in [4.69, 9.17) is 4.74 Å². The first-order chi connectivity index (χ1) is 12.8. The van der Waals surface area contributed by atoms with E-state index >= 15 is 0 Å². The Hall–Kier alpha value is -2.30. The van der Waals surface area contributed by atoms with Crippen molar-refractivity contribution in [2.45, 2.75) is 63.5 Å². The lowest BCUT2D eigenvalue weighted by Crippen LogP contribution is -2.04. The van der Waals surface area contributed by atoms with Crippen molar-refractivity contribution in [1.82, 2.24) is 19.3 Å². The van der Waals surface area contributed by atoms with E-state index in [1.165, 1.54) is 68.0 Å². The predicted octanol–water partition coefficient (Wildman–Crippen LogP) is 5.14. The van der Waals surface area contributed by atoms with Crippen LogP contribution in [0.3, 0.4) is 0 Å². The molecule has 0 radical (unpaired) electrons. The lowest BCUT2D eigenvalue weighted by Gasteiger charge is -2.13. The van der Waals surface area contributed by atoms with E-state index in [2.05, 4.69) is 37.8 Å². The molecule has 0 amide bonds. The van der Waals surface area contributed by atoms with Crippen LogP contribution in [0.5, 0.6) is 5.88 Å². The van der Waals surface area contributed by atoms with Gasteiger partial charge in [0.15, 0.2) is 0 Å². The minimum Gasteiger partial charge on any atom is -0.480 e. The number of ether oxygens (including phenoxy) is 1. The maximum Gasteiger partial charge on any atom is 0.223 e. The molecule has 26 heavy (non-hydrogen) atoms. The second-order valence-electron chi connectivity index (χ2n) is 7.75. The zero-order chi connectivity index (χ0) is 17.5. The molecule has 5 nitrogen and oxygen atoms in total. The Morgan fingerprint density at radius 2 is 1.73 bits per heavy atom. The summed E-state index contributed by atoms with van der Waals surface area (Å²) >= 11 is 0. The SMILES string of the molecule is COc1nccc2c1c(-c1cnn(C3CCCC3)c1)cn2C1CCCC1. The Balaban J connectivity index is 1.64. The Morgan fingerprint density at radius 3 is 2.46 bits per heavy atom. The van der Waals surface area contributed by atoms with Gasteiger partial charge in [0.05, 0.1) is 30.3 Å². The van der Waals surface area contributed by atoms with Crippen molar-refractivity contribution in [3.05, 3.63) is 30.9 Å². The third-order valence-electron chi connectivity index (χ3n) is 6.23. The first-order valence-electron chi connectivity index (χ1n) is 9.93. The smallest absolute Gasteiger partial charge is 0.223 e. The summed E-state index contributed by atoms with van der Waals surface area (Å²) in [6.45, 7) is 0. The quantitative estimate of drug-likeness (QED) is 0.654. The van der Waals surface area contributed by atoms with Crippen LogP contribution in [0.15, 0.2) is 30.9 Å². The standard InChI is InChI=1S/C21H26N4O/c1-26-21-20-18(15-12-23-25(13-15)17-8-4-5-9-17)14-24(16-6-2-3-7-16)19(20)10-11-22-21/h10-14,16-17H,2-9H2,1H3. The predicted molar refractivity (Wildman–Crippen MR) is 103 cm³/mol. The van der Waals surface area contributed by atoms with Gasteiger partial charge in [0.2, 0.25) is 5.88 Å². The molecule has 0 saturated heterocycles. The second kappa shape index (κ2) is 6.45. The molecule has 0 unspecified atom stereocenters. The average Bonchev–Trinajstić information content (AvgIpc) is 3.46. The lowest BCUT2D eigenvalue weighted by molar-refractivity contribution is 0.403. The van der Waals surface area contributed by atoms with E-state index in [9.17, 15) is 0 Å². The van der Waals surface area contributed by atoms with Gasteiger partial charge < -0.3 is 9.30 Å². The highest BCUT2D eigenvalue weighted by Crippen LogP contribution is 2.41. The summed E-state index contributed by atoms with van der Waals surface area (Å²) in [5, 5.41) is 5.81. The van der Waals surface area contributed by atoms with E-state index in [1.54, 1.807) is 7.11 Å². The summed E-state index contributed by atoms with van der Waals surface area (Å²) in [4.78, 5) is 4.47. The molecule has 0 aliphatic heterocycles. The third kappa shape index (κ3) is 2.52. The fourth-order valence-corrected chi connectivity index (χ4v) is 4.88. The number of hydrogen-bond acceptors (Lipinski definition) is 3. The molecule has 2 fully saturated rings. The molecule has 2 aliphatic rings. The fraction of sp³-hybridized carbons (Fsp3) is 0.524. The molecule has 5 rings (SSSR count). The molecule has 5 heteroatoms. The van der Waals surface area contributed by atoms with Crippen LogP contribution >= 0.6 is 0 Å². The first kappa shape index (κ1) is 15.9. The minimum absolute atomic E-state index is 0.562. The van der Waals surface area contributed by atoms with Crippen LogP contribution in [0, 0.1) is 0 Å². The molecular formula is C21H26N4O. The van der Waals surface area contributed by atoms with Crippen LogP contribution in [0.2, 0.25) is 0 Å². The molecule has 3 aromatic heterocycles. The molecular weight excluding hydrogens is 324 g/mol. The molecule has 0 aromatic carbocycles. The minimum atomic E-state index is 0.562. The van der Waals surface area contributed by atoms with Gasteiger partial charge in [-0.3, -0.25) is 4.68 Å². The maximum atomic E-state index is 5.62. The van der Waals surface area contributed by atoms with E-state index < -0.39 is 0 Å². The van der Waals surface area contributed by atoms with Gasteiger partial charge >= 0.3 is 0 Å². The van der Waals surface area contributed by atoms with E-state index in [0.717, 1.165) is 5.39 Å². The molecule has 3 aromatic rings. The monoisotopic (exact) mass is 350 g/mol. The van der Waals surface area contributed by atoms with Crippen molar-refractivity contribution in [3.8, 4) is 17.0 Å². The highest BCUT2D eigenvalue weighted by molar-refractivity contribution is 5.99. The Kier molecular flexibility index (Phi) is 3.95. The first-order valence-corrected chi connectivity index (χ1v) is 9.93. The normalized spacial score (nSPS) is 19.0. The number of aromatic nitrogens is 4. The molecule has 136 valence electrons. The van der Waals surface area contributed by atoms with Gasteiger partial charge in [-0.2, -0.15) is 5.10 Å². The van der Waals surface area contributed by atoms with Crippen LogP contribution in [0.25, 0.3) is 22.0 Å². The second-order valence-corrected chi connectivity index (χ2v) is 7.75. The Bertz CT molecular complexity index is 913. The zero-order valence-electron chi connectivity index (χ0n) is 15.4. The topological polar surface area (TPSA) is 44.9 Å². The van der Waals surface area contributed by atoms with Crippen molar-refractivity contribution in [2.75, 3.05) is 7.11 Å². The maximum absolute atomic E-state index is 5.62. The number of fused-ring (bicyclic) bond motifs is 1. The van der Waals surface area contributed by atoms with E-state index in [0.29, 0.717) is 18.0 Å². The van der Waals surface area contributed by atoms with E-state index in [-0.39, 0.29) is 0 Å². The van der Waals surface area contributed by atoms with Crippen molar-refractivity contribution in [1.29, 1.82) is 0 Å². The largest absolute Gasteiger partial charge is 0.480 e. The number of rotatable bonds is 4. The summed E-state index contributed by atoms with van der Waals surface area (Å²) in [5.74, 6) is 0.711.